The summed E-state index contributed by atoms with van der Waals surface area (Å²) >= 11 is 0. The molecule has 0 aromatic carbocycles. The summed E-state index contributed by atoms with van der Waals surface area (Å²) < 4.78 is 0. The molecule has 0 aromatic rings. The van der Waals surface area contributed by atoms with Crippen LogP contribution in [0.25, 0.3) is 0 Å². The highest BCUT2D eigenvalue weighted by molar-refractivity contribution is 4.75. The van der Waals surface area contributed by atoms with Gasteiger partial charge in [0.1, 0.15) is 0 Å². The van der Waals surface area contributed by atoms with Crippen molar-refractivity contribution in [3.63, 3.8) is 0 Å². The van der Waals surface area contributed by atoms with E-state index in [-0.39, 0.29) is 0 Å². The summed E-state index contributed by atoms with van der Waals surface area (Å²) in [6, 6.07) is 0. The second-order valence-electron chi connectivity index (χ2n) is 3.89. The largest absolute Gasteiger partial charge is 0.330 e. The lowest BCUT2D eigenvalue weighted by molar-refractivity contribution is 0.271. The van der Waals surface area contributed by atoms with Gasteiger partial charge in [0.15, 0.2) is 0 Å². The Hall–Kier alpha value is -0.120. The molecular formula is C10H23N3. The Morgan fingerprint density at radius 2 is 1.54 bits per heavy atom. The Labute approximate surface area is 81.9 Å². The third-order valence-corrected chi connectivity index (χ3v) is 2.99. The molecule has 0 radical (unpaired) electrons. The van der Waals surface area contributed by atoms with Gasteiger partial charge in [-0.1, -0.05) is 13.8 Å². The van der Waals surface area contributed by atoms with Crippen LogP contribution in [0.15, 0.2) is 0 Å². The molecule has 1 aliphatic rings. The van der Waals surface area contributed by atoms with Crippen LogP contribution in [0, 0.1) is 5.92 Å². The predicted molar refractivity (Wildman–Crippen MR) is 56.8 cm³/mol. The van der Waals surface area contributed by atoms with Crippen LogP contribution in [0.4, 0.5) is 0 Å². The molecule has 0 aliphatic carbocycles. The molecule has 2 N–H and O–H groups in total. The Bertz CT molecular complexity index is 124. The standard InChI is InChI=1S/C10H23N3/c1-3-12-5-6-13(4-2)9-10(7-11)8-12/h10H,3-9,11H2,1-2H3. The fourth-order valence-electron chi connectivity index (χ4n) is 1.98. The van der Waals surface area contributed by atoms with Gasteiger partial charge in [-0.3, -0.25) is 0 Å². The van der Waals surface area contributed by atoms with Crippen molar-refractivity contribution in [2.75, 3.05) is 45.8 Å². The zero-order valence-electron chi connectivity index (χ0n) is 9.00. The molecule has 1 heterocycles. The molecule has 1 fully saturated rings. The van der Waals surface area contributed by atoms with Gasteiger partial charge in [-0.25, -0.2) is 0 Å². The molecule has 1 aliphatic heterocycles. The predicted octanol–water partition coefficient (Wildman–Crippen LogP) is 0.219. The summed E-state index contributed by atoms with van der Waals surface area (Å²) in [5.41, 5.74) is 5.75. The van der Waals surface area contributed by atoms with Gasteiger partial charge in [-0.15, -0.1) is 0 Å². The van der Waals surface area contributed by atoms with Crippen LogP contribution in [0.2, 0.25) is 0 Å². The monoisotopic (exact) mass is 185 g/mol. The van der Waals surface area contributed by atoms with Crippen LogP contribution in [0.5, 0.6) is 0 Å². The quantitative estimate of drug-likeness (QED) is 0.682. The summed E-state index contributed by atoms with van der Waals surface area (Å²) in [6.45, 7) is 12.4. The molecule has 0 aromatic heterocycles. The van der Waals surface area contributed by atoms with E-state index >= 15 is 0 Å². The maximum atomic E-state index is 5.75. The van der Waals surface area contributed by atoms with Crippen molar-refractivity contribution in [1.29, 1.82) is 0 Å². The molecular weight excluding hydrogens is 162 g/mol. The number of hydrogen-bond acceptors (Lipinski definition) is 3. The van der Waals surface area contributed by atoms with Crippen molar-refractivity contribution < 1.29 is 0 Å². The minimum Gasteiger partial charge on any atom is -0.330 e. The molecule has 0 unspecified atom stereocenters. The van der Waals surface area contributed by atoms with Crippen LogP contribution in [-0.4, -0.2) is 55.6 Å². The Kier molecular flexibility index (Phi) is 4.70. The van der Waals surface area contributed by atoms with Crippen LogP contribution in [0.3, 0.4) is 0 Å². The fourth-order valence-corrected chi connectivity index (χ4v) is 1.98. The Balaban J connectivity index is 2.46. The fraction of sp³-hybridized carbons (Fsp3) is 1.00. The first-order valence-electron chi connectivity index (χ1n) is 5.44. The molecule has 3 nitrogen and oxygen atoms in total. The lowest BCUT2D eigenvalue weighted by Gasteiger charge is -2.21. The van der Waals surface area contributed by atoms with Crippen molar-refractivity contribution in [3.05, 3.63) is 0 Å². The average Bonchev–Trinajstić information content (AvgIpc) is 2.39. The first-order valence-corrected chi connectivity index (χ1v) is 5.44. The van der Waals surface area contributed by atoms with E-state index in [9.17, 15) is 0 Å². The molecule has 13 heavy (non-hydrogen) atoms. The number of likely N-dealkylation sites (N-methyl/N-ethyl adjacent to an activating group) is 2. The zero-order chi connectivity index (χ0) is 9.68. The Morgan fingerprint density at radius 3 is 1.85 bits per heavy atom. The highest BCUT2D eigenvalue weighted by Gasteiger charge is 2.19. The summed E-state index contributed by atoms with van der Waals surface area (Å²) in [5.74, 6) is 0.669. The van der Waals surface area contributed by atoms with E-state index in [2.05, 4.69) is 23.6 Å². The van der Waals surface area contributed by atoms with Crippen molar-refractivity contribution in [2.24, 2.45) is 11.7 Å². The Morgan fingerprint density at radius 1 is 1.08 bits per heavy atom. The van der Waals surface area contributed by atoms with Gasteiger partial charge in [0.25, 0.3) is 0 Å². The smallest absolute Gasteiger partial charge is 0.0109 e. The maximum absolute atomic E-state index is 5.75. The molecule has 78 valence electrons. The molecule has 3 heteroatoms. The first-order chi connectivity index (χ1) is 6.30. The molecule has 0 amide bonds. The van der Waals surface area contributed by atoms with Crippen LogP contribution in [-0.2, 0) is 0 Å². The van der Waals surface area contributed by atoms with Crippen LogP contribution < -0.4 is 5.73 Å². The third kappa shape index (κ3) is 3.25. The molecule has 1 rings (SSSR count). The number of nitrogens with zero attached hydrogens (tertiary/aromatic N) is 2. The highest BCUT2D eigenvalue weighted by atomic mass is 15.2. The molecule has 1 saturated heterocycles. The second kappa shape index (κ2) is 5.58. The first kappa shape index (κ1) is 11.0. The van der Waals surface area contributed by atoms with Crippen LogP contribution >= 0.6 is 0 Å². The number of nitrogens with two attached hydrogens (primary N) is 1. The average molecular weight is 185 g/mol. The lowest BCUT2D eigenvalue weighted by atomic mass is 10.1. The van der Waals surface area contributed by atoms with E-state index in [4.69, 9.17) is 5.73 Å². The SMILES string of the molecule is CCN1CCN(CC)CC(CN)C1. The number of rotatable bonds is 3. The normalized spacial score (nSPS) is 23.3. The maximum Gasteiger partial charge on any atom is 0.0109 e. The molecule has 0 spiro atoms. The van der Waals surface area contributed by atoms with Crippen molar-refractivity contribution in [2.45, 2.75) is 13.8 Å². The van der Waals surface area contributed by atoms with Gasteiger partial charge in [0.05, 0.1) is 0 Å². The van der Waals surface area contributed by atoms with Gasteiger partial charge in [-0.2, -0.15) is 0 Å². The van der Waals surface area contributed by atoms with E-state index in [0.29, 0.717) is 5.92 Å². The number of hydrogen-bond donors (Lipinski definition) is 1. The molecule has 0 bridgehead atoms. The highest BCUT2D eigenvalue weighted by Crippen LogP contribution is 2.07. The van der Waals surface area contributed by atoms with Gasteiger partial charge >= 0.3 is 0 Å². The van der Waals surface area contributed by atoms with Crippen LogP contribution in [0.1, 0.15) is 13.8 Å². The molecule has 0 atom stereocenters. The minimum absolute atomic E-state index is 0.669. The van der Waals surface area contributed by atoms with E-state index in [1.165, 1.54) is 26.2 Å². The zero-order valence-corrected chi connectivity index (χ0v) is 9.00. The van der Waals surface area contributed by atoms with E-state index in [1.807, 2.05) is 0 Å². The lowest BCUT2D eigenvalue weighted by Crippen LogP contribution is -2.34. The summed E-state index contributed by atoms with van der Waals surface area (Å²) in [5, 5.41) is 0. The van der Waals surface area contributed by atoms with E-state index < -0.39 is 0 Å². The van der Waals surface area contributed by atoms with E-state index in [1.54, 1.807) is 0 Å². The second-order valence-corrected chi connectivity index (χ2v) is 3.89. The topological polar surface area (TPSA) is 32.5 Å². The molecule has 0 saturated carbocycles. The van der Waals surface area contributed by atoms with Gasteiger partial charge in [0.2, 0.25) is 0 Å². The third-order valence-electron chi connectivity index (χ3n) is 2.99. The van der Waals surface area contributed by atoms with Crippen molar-refractivity contribution in [3.8, 4) is 0 Å². The van der Waals surface area contributed by atoms with Crippen molar-refractivity contribution >= 4 is 0 Å². The summed E-state index contributed by atoms with van der Waals surface area (Å²) in [6.07, 6.45) is 0. The summed E-state index contributed by atoms with van der Waals surface area (Å²) in [4.78, 5) is 5.01. The minimum atomic E-state index is 0.669. The summed E-state index contributed by atoms with van der Waals surface area (Å²) in [7, 11) is 0. The van der Waals surface area contributed by atoms with Gasteiger partial charge < -0.3 is 15.5 Å². The van der Waals surface area contributed by atoms with E-state index in [0.717, 1.165) is 19.6 Å². The van der Waals surface area contributed by atoms with Gasteiger partial charge in [-0.05, 0) is 25.6 Å². The van der Waals surface area contributed by atoms with Gasteiger partial charge in [0, 0.05) is 26.2 Å². The van der Waals surface area contributed by atoms with Crippen molar-refractivity contribution in [1.82, 2.24) is 9.80 Å².